The number of anilines is 1. The lowest BCUT2D eigenvalue weighted by Gasteiger charge is -2.05. The summed E-state index contributed by atoms with van der Waals surface area (Å²) in [6.07, 6.45) is 3.73. The number of carbonyl (C=O) groups is 1. The molecule has 8 heteroatoms. The summed E-state index contributed by atoms with van der Waals surface area (Å²) in [4.78, 5) is 28.2. The third kappa shape index (κ3) is 3.60. The van der Waals surface area contributed by atoms with Gasteiger partial charge < -0.3 is 9.84 Å². The Labute approximate surface area is 138 Å². The molecule has 0 aromatic carbocycles. The van der Waals surface area contributed by atoms with Crippen LogP contribution in [-0.4, -0.2) is 37.4 Å². The zero-order valence-electron chi connectivity index (χ0n) is 13.4. The van der Waals surface area contributed by atoms with Crippen molar-refractivity contribution in [2.45, 2.75) is 20.3 Å². The molecule has 3 aromatic rings. The Kier molecular flexibility index (Phi) is 4.55. The lowest BCUT2D eigenvalue weighted by atomic mass is 10.2. The normalized spacial score (nSPS) is 10.6. The number of hydrogen-bond acceptors (Lipinski definition) is 8. The lowest BCUT2D eigenvalue weighted by molar-refractivity contribution is 0.101. The number of nitrogens with one attached hydrogen (secondary N) is 1. The smallest absolute Gasteiger partial charge is 0.228 e. The summed E-state index contributed by atoms with van der Waals surface area (Å²) in [6, 6.07) is 5.51. The Morgan fingerprint density at radius 1 is 1.25 bits per heavy atom. The van der Waals surface area contributed by atoms with Gasteiger partial charge in [0.25, 0.3) is 0 Å². The standard InChI is InChI=1S/C16H16N6O2/c1-10-12(11(2)23)9-19-16(20-10)18-8-6-14-21-15(22-24-14)13-5-3-4-7-17-13/h3-5,7,9H,6,8H2,1-2H3,(H,18,19,20). The first kappa shape index (κ1) is 15.7. The van der Waals surface area contributed by atoms with Gasteiger partial charge >= 0.3 is 0 Å². The van der Waals surface area contributed by atoms with Gasteiger partial charge in [0.05, 0.1) is 11.3 Å². The van der Waals surface area contributed by atoms with Crippen molar-refractivity contribution in [1.82, 2.24) is 25.1 Å². The van der Waals surface area contributed by atoms with Crippen molar-refractivity contribution in [3.63, 3.8) is 0 Å². The number of Topliss-reactive ketones (excluding diaryl/α,β-unsaturated/α-hetero) is 1. The molecule has 0 radical (unpaired) electrons. The minimum Gasteiger partial charge on any atom is -0.354 e. The van der Waals surface area contributed by atoms with E-state index < -0.39 is 0 Å². The number of rotatable bonds is 6. The van der Waals surface area contributed by atoms with E-state index in [1.165, 1.54) is 13.1 Å². The zero-order valence-corrected chi connectivity index (χ0v) is 13.4. The average molecular weight is 324 g/mol. The highest BCUT2D eigenvalue weighted by Crippen LogP contribution is 2.12. The van der Waals surface area contributed by atoms with Crippen molar-refractivity contribution < 1.29 is 9.32 Å². The van der Waals surface area contributed by atoms with E-state index in [9.17, 15) is 4.79 Å². The van der Waals surface area contributed by atoms with Crippen LogP contribution in [0, 0.1) is 6.92 Å². The highest BCUT2D eigenvalue weighted by atomic mass is 16.5. The second-order valence-electron chi connectivity index (χ2n) is 5.15. The zero-order chi connectivity index (χ0) is 16.9. The minimum absolute atomic E-state index is 0.0491. The van der Waals surface area contributed by atoms with Crippen molar-refractivity contribution >= 4 is 11.7 Å². The summed E-state index contributed by atoms with van der Waals surface area (Å²) in [7, 11) is 0. The van der Waals surface area contributed by atoms with Gasteiger partial charge in [-0.2, -0.15) is 4.98 Å². The first-order valence-corrected chi connectivity index (χ1v) is 7.46. The Balaban J connectivity index is 1.58. The molecule has 0 aliphatic rings. The SMILES string of the molecule is CC(=O)c1cnc(NCCc2nc(-c3ccccn3)no2)nc1C. The third-order valence-corrected chi connectivity index (χ3v) is 3.34. The van der Waals surface area contributed by atoms with Crippen LogP contribution in [0.2, 0.25) is 0 Å². The molecular weight excluding hydrogens is 308 g/mol. The van der Waals surface area contributed by atoms with Crippen molar-refractivity contribution in [1.29, 1.82) is 0 Å². The average Bonchev–Trinajstić information content (AvgIpc) is 3.04. The highest BCUT2D eigenvalue weighted by molar-refractivity contribution is 5.94. The number of aryl methyl sites for hydroxylation is 1. The van der Waals surface area contributed by atoms with Crippen LogP contribution in [0.4, 0.5) is 5.95 Å². The molecule has 0 saturated heterocycles. The number of pyridine rings is 1. The molecule has 1 N–H and O–H groups in total. The third-order valence-electron chi connectivity index (χ3n) is 3.34. The van der Waals surface area contributed by atoms with Crippen LogP contribution >= 0.6 is 0 Å². The van der Waals surface area contributed by atoms with E-state index in [1.807, 2.05) is 18.2 Å². The van der Waals surface area contributed by atoms with Crippen LogP contribution in [0.1, 0.15) is 28.9 Å². The van der Waals surface area contributed by atoms with Crippen LogP contribution in [0.15, 0.2) is 35.1 Å². The molecule has 0 fully saturated rings. The number of ketones is 1. The maximum atomic E-state index is 11.4. The monoisotopic (exact) mass is 324 g/mol. The number of aromatic nitrogens is 5. The van der Waals surface area contributed by atoms with Gasteiger partial charge in [-0.15, -0.1) is 0 Å². The van der Waals surface area contributed by atoms with Crippen LogP contribution in [0.3, 0.4) is 0 Å². The van der Waals surface area contributed by atoms with E-state index in [0.717, 1.165) is 0 Å². The Hall–Kier alpha value is -3.16. The molecule has 0 atom stereocenters. The quantitative estimate of drug-likeness (QED) is 0.687. The first-order chi connectivity index (χ1) is 11.6. The first-order valence-electron chi connectivity index (χ1n) is 7.46. The molecule has 0 spiro atoms. The molecule has 122 valence electrons. The molecule has 0 aliphatic heterocycles. The van der Waals surface area contributed by atoms with Crippen molar-refractivity contribution in [2.75, 3.05) is 11.9 Å². The van der Waals surface area contributed by atoms with E-state index in [0.29, 0.717) is 47.6 Å². The molecule has 3 heterocycles. The van der Waals surface area contributed by atoms with Gasteiger partial charge in [-0.25, -0.2) is 9.97 Å². The van der Waals surface area contributed by atoms with E-state index in [2.05, 4.69) is 30.4 Å². The topological polar surface area (TPSA) is 107 Å². The van der Waals surface area contributed by atoms with Gasteiger partial charge in [0.15, 0.2) is 5.78 Å². The fourth-order valence-corrected chi connectivity index (χ4v) is 2.13. The van der Waals surface area contributed by atoms with Crippen LogP contribution in [-0.2, 0) is 6.42 Å². The molecule has 0 saturated carbocycles. The van der Waals surface area contributed by atoms with Gasteiger partial charge in [-0.1, -0.05) is 11.2 Å². The van der Waals surface area contributed by atoms with Crippen molar-refractivity contribution in [3.8, 4) is 11.5 Å². The van der Waals surface area contributed by atoms with Crippen LogP contribution in [0.5, 0.6) is 0 Å². The van der Waals surface area contributed by atoms with Crippen LogP contribution in [0.25, 0.3) is 11.5 Å². The molecule has 0 aliphatic carbocycles. The maximum absolute atomic E-state index is 11.4. The minimum atomic E-state index is -0.0491. The number of carbonyl (C=O) groups excluding carboxylic acids is 1. The van der Waals surface area contributed by atoms with Crippen molar-refractivity contribution in [2.24, 2.45) is 0 Å². The summed E-state index contributed by atoms with van der Waals surface area (Å²) < 4.78 is 5.20. The molecule has 0 amide bonds. The lowest BCUT2D eigenvalue weighted by Crippen LogP contribution is -2.10. The summed E-state index contributed by atoms with van der Waals surface area (Å²) in [5, 5.41) is 6.98. The predicted octanol–water partition coefficient (Wildman–Crippen LogP) is 2.09. The maximum Gasteiger partial charge on any atom is 0.228 e. The second-order valence-corrected chi connectivity index (χ2v) is 5.15. The van der Waals surface area contributed by atoms with Gasteiger partial charge in [0.1, 0.15) is 5.69 Å². The summed E-state index contributed by atoms with van der Waals surface area (Å²) >= 11 is 0. The summed E-state index contributed by atoms with van der Waals surface area (Å²) in [5.41, 5.74) is 1.84. The van der Waals surface area contributed by atoms with Gasteiger partial charge in [0, 0.05) is 25.4 Å². The summed E-state index contributed by atoms with van der Waals surface area (Å²) in [6.45, 7) is 3.80. The Bertz CT molecular complexity index is 847. The predicted molar refractivity (Wildman–Crippen MR) is 86.5 cm³/mol. The number of nitrogens with zero attached hydrogens (tertiary/aromatic N) is 5. The molecule has 0 bridgehead atoms. The molecule has 0 unspecified atom stereocenters. The summed E-state index contributed by atoms with van der Waals surface area (Å²) in [5.74, 6) is 1.37. The van der Waals surface area contributed by atoms with E-state index in [-0.39, 0.29) is 5.78 Å². The molecular formula is C16H16N6O2. The molecule has 3 rings (SSSR count). The largest absolute Gasteiger partial charge is 0.354 e. The Morgan fingerprint density at radius 2 is 2.12 bits per heavy atom. The number of hydrogen-bond donors (Lipinski definition) is 1. The van der Waals surface area contributed by atoms with Crippen molar-refractivity contribution in [3.05, 3.63) is 47.7 Å². The Morgan fingerprint density at radius 3 is 2.83 bits per heavy atom. The van der Waals surface area contributed by atoms with Gasteiger partial charge in [0.2, 0.25) is 17.7 Å². The molecule has 3 aromatic heterocycles. The van der Waals surface area contributed by atoms with Gasteiger partial charge in [-0.3, -0.25) is 9.78 Å². The van der Waals surface area contributed by atoms with Gasteiger partial charge in [-0.05, 0) is 26.0 Å². The van der Waals surface area contributed by atoms with Crippen LogP contribution < -0.4 is 5.32 Å². The fourth-order valence-electron chi connectivity index (χ4n) is 2.13. The second kappa shape index (κ2) is 6.95. The van der Waals surface area contributed by atoms with E-state index in [1.54, 1.807) is 13.1 Å². The highest BCUT2D eigenvalue weighted by Gasteiger charge is 2.10. The van der Waals surface area contributed by atoms with E-state index >= 15 is 0 Å². The fraction of sp³-hybridized carbons (Fsp3) is 0.250. The van der Waals surface area contributed by atoms with E-state index in [4.69, 9.17) is 4.52 Å². The molecule has 8 nitrogen and oxygen atoms in total. The molecule has 24 heavy (non-hydrogen) atoms.